The highest BCUT2D eigenvalue weighted by molar-refractivity contribution is 5.99. The summed E-state index contributed by atoms with van der Waals surface area (Å²) >= 11 is 0. The molecule has 0 unspecified atom stereocenters. The highest BCUT2D eigenvalue weighted by Gasteiger charge is 2.12. The zero-order chi connectivity index (χ0) is 17.3. The van der Waals surface area contributed by atoms with Crippen LogP contribution in [0.5, 0.6) is 5.75 Å². The van der Waals surface area contributed by atoms with E-state index in [-0.39, 0.29) is 5.56 Å². The lowest BCUT2D eigenvalue weighted by atomic mass is 10.1. The van der Waals surface area contributed by atoms with Gasteiger partial charge in [0.25, 0.3) is 0 Å². The molecule has 3 rings (SSSR count). The van der Waals surface area contributed by atoms with Crippen molar-refractivity contribution in [1.29, 1.82) is 0 Å². The van der Waals surface area contributed by atoms with Crippen LogP contribution in [0.25, 0.3) is 10.9 Å². The normalized spacial score (nSPS) is 10.6. The lowest BCUT2D eigenvalue weighted by molar-refractivity contribution is 0.0697. The summed E-state index contributed by atoms with van der Waals surface area (Å²) in [5, 5.41) is 13.4. The number of benzene rings is 2. The van der Waals surface area contributed by atoms with Crippen LogP contribution in [0, 0.1) is 13.8 Å². The van der Waals surface area contributed by atoms with Gasteiger partial charge in [-0.15, -0.1) is 0 Å². The van der Waals surface area contributed by atoms with Gasteiger partial charge in [-0.25, -0.2) is 9.78 Å². The Morgan fingerprint density at radius 2 is 1.96 bits per heavy atom. The van der Waals surface area contributed by atoms with Gasteiger partial charge in [0.2, 0.25) is 0 Å². The predicted molar refractivity (Wildman–Crippen MR) is 94.5 cm³/mol. The van der Waals surface area contributed by atoms with Gasteiger partial charge in [0.1, 0.15) is 11.3 Å². The van der Waals surface area contributed by atoms with Crippen LogP contribution in [0.3, 0.4) is 0 Å². The Kier molecular flexibility index (Phi) is 4.08. The van der Waals surface area contributed by atoms with Crippen molar-refractivity contribution in [2.75, 3.05) is 12.4 Å². The fraction of sp³-hybridized carbons (Fsp3) is 0.158. The number of carbonyl (C=O) groups is 1. The summed E-state index contributed by atoms with van der Waals surface area (Å²) in [5.41, 5.74) is 4.53. The molecule has 0 atom stereocenters. The Hall–Kier alpha value is -3.08. The van der Waals surface area contributed by atoms with E-state index in [2.05, 4.69) is 10.3 Å². The van der Waals surface area contributed by atoms with Gasteiger partial charge >= 0.3 is 5.97 Å². The topological polar surface area (TPSA) is 71.5 Å². The number of aromatic nitrogens is 1. The number of rotatable bonds is 4. The number of hydrogen-bond acceptors (Lipinski definition) is 4. The Labute approximate surface area is 139 Å². The molecule has 24 heavy (non-hydrogen) atoms. The minimum atomic E-state index is -0.952. The number of carboxylic acid groups (broad SMARTS) is 1. The monoisotopic (exact) mass is 322 g/mol. The van der Waals surface area contributed by atoms with E-state index in [4.69, 9.17) is 9.84 Å². The van der Waals surface area contributed by atoms with E-state index in [1.807, 2.05) is 38.1 Å². The summed E-state index contributed by atoms with van der Waals surface area (Å²) in [6, 6.07) is 12.6. The molecule has 0 amide bonds. The molecule has 2 N–H and O–H groups in total. The highest BCUT2D eigenvalue weighted by Crippen LogP contribution is 2.34. The number of nitrogens with zero attached hydrogens (tertiary/aromatic N) is 1. The van der Waals surface area contributed by atoms with Crippen molar-refractivity contribution in [3.8, 4) is 5.75 Å². The number of anilines is 2. The van der Waals surface area contributed by atoms with Crippen molar-refractivity contribution < 1.29 is 14.6 Å². The molecule has 1 heterocycles. The van der Waals surface area contributed by atoms with E-state index >= 15 is 0 Å². The van der Waals surface area contributed by atoms with E-state index in [0.29, 0.717) is 11.4 Å². The molecule has 2 aromatic carbocycles. The second-order valence-electron chi connectivity index (χ2n) is 5.63. The fourth-order valence-corrected chi connectivity index (χ4v) is 2.76. The number of carboxylic acids is 1. The summed E-state index contributed by atoms with van der Waals surface area (Å²) in [5.74, 6) is -0.242. The number of ether oxygens (including phenoxy) is 1. The number of nitrogens with one attached hydrogen (secondary N) is 1. The lowest BCUT2D eigenvalue weighted by Gasteiger charge is -2.15. The molecule has 0 aliphatic heterocycles. The molecular formula is C19H18N2O3. The van der Waals surface area contributed by atoms with Crippen molar-refractivity contribution >= 4 is 28.2 Å². The van der Waals surface area contributed by atoms with Crippen molar-refractivity contribution in [3.63, 3.8) is 0 Å². The maximum atomic E-state index is 11.2. The standard InChI is InChI=1S/C19H18N2O3/c1-11-7-8-16(24-3)18-17(11)15(9-12(2)20-18)21-14-6-4-5-13(10-14)19(22)23/h4-10H,1-3H3,(H,20,21)(H,22,23). The summed E-state index contributed by atoms with van der Waals surface area (Å²) in [6.45, 7) is 3.93. The third-order valence-corrected chi connectivity index (χ3v) is 3.87. The van der Waals surface area contributed by atoms with E-state index in [0.717, 1.165) is 27.8 Å². The van der Waals surface area contributed by atoms with Crippen molar-refractivity contribution in [1.82, 2.24) is 4.98 Å². The second kappa shape index (κ2) is 6.20. The molecule has 1 aromatic heterocycles. The van der Waals surface area contributed by atoms with Crippen LogP contribution in [0.4, 0.5) is 11.4 Å². The quantitative estimate of drug-likeness (QED) is 0.749. The lowest BCUT2D eigenvalue weighted by Crippen LogP contribution is -2.00. The van der Waals surface area contributed by atoms with Crippen LogP contribution in [-0.2, 0) is 0 Å². The van der Waals surface area contributed by atoms with Gasteiger partial charge in [0.15, 0.2) is 0 Å². The van der Waals surface area contributed by atoms with Crippen LogP contribution in [0.2, 0.25) is 0 Å². The maximum Gasteiger partial charge on any atom is 0.335 e. The minimum Gasteiger partial charge on any atom is -0.494 e. The molecule has 0 radical (unpaired) electrons. The molecule has 0 spiro atoms. The van der Waals surface area contributed by atoms with E-state index < -0.39 is 5.97 Å². The van der Waals surface area contributed by atoms with E-state index in [1.54, 1.807) is 25.3 Å². The first-order chi connectivity index (χ1) is 11.5. The molecule has 5 heteroatoms. The van der Waals surface area contributed by atoms with Crippen LogP contribution < -0.4 is 10.1 Å². The Morgan fingerprint density at radius 3 is 2.67 bits per heavy atom. The predicted octanol–water partition coefficient (Wildman–Crippen LogP) is 4.30. The third-order valence-electron chi connectivity index (χ3n) is 3.87. The van der Waals surface area contributed by atoms with Crippen molar-refractivity contribution in [3.05, 3.63) is 59.3 Å². The van der Waals surface area contributed by atoms with Crippen molar-refractivity contribution in [2.24, 2.45) is 0 Å². The summed E-state index contributed by atoms with van der Waals surface area (Å²) in [7, 11) is 1.62. The Morgan fingerprint density at radius 1 is 1.17 bits per heavy atom. The zero-order valence-electron chi connectivity index (χ0n) is 13.8. The molecule has 122 valence electrons. The smallest absolute Gasteiger partial charge is 0.335 e. The molecule has 0 saturated carbocycles. The van der Waals surface area contributed by atoms with Gasteiger partial charge in [-0.05, 0) is 49.7 Å². The molecule has 0 aliphatic rings. The molecule has 0 aliphatic carbocycles. The van der Waals surface area contributed by atoms with E-state index in [9.17, 15) is 4.79 Å². The number of fused-ring (bicyclic) bond motifs is 1. The minimum absolute atomic E-state index is 0.240. The van der Waals surface area contributed by atoms with Gasteiger partial charge in [0.05, 0.1) is 18.4 Å². The van der Waals surface area contributed by atoms with Gasteiger partial charge < -0.3 is 15.2 Å². The molecule has 0 saturated heterocycles. The van der Waals surface area contributed by atoms with Crippen LogP contribution in [0.15, 0.2) is 42.5 Å². The summed E-state index contributed by atoms with van der Waals surface area (Å²) < 4.78 is 5.43. The Balaban J connectivity index is 2.16. The average Bonchev–Trinajstić information content (AvgIpc) is 2.55. The zero-order valence-corrected chi connectivity index (χ0v) is 13.8. The van der Waals surface area contributed by atoms with E-state index in [1.165, 1.54) is 0 Å². The fourth-order valence-electron chi connectivity index (χ4n) is 2.76. The number of hydrogen-bond donors (Lipinski definition) is 2. The van der Waals surface area contributed by atoms with Gasteiger partial charge in [-0.2, -0.15) is 0 Å². The Bertz CT molecular complexity index is 935. The van der Waals surface area contributed by atoms with Crippen LogP contribution >= 0.6 is 0 Å². The van der Waals surface area contributed by atoms with Crippen molar-refractivity contribution in [2.45, 2.75) is 13.8 Å². The van der Waals surface area contributed by atoms with Crippen LogP contribution in [-0.4, -0.2) is 23.2 Å². The molecular weight excluding hydrogens is 304 g/mol. The van der Waals surface area contributed by atoms with Gasteiger partial charge in [-0.1, -0.05) is 12.1 Å². The first-order valence-electron chi connectivity index (χ1n) is 7.55. The number of aromatic carboxylic acids is 1. The number of pyridine rings is 1. The number of aryl methyl sites for hydroxylation is 2. The highest BCUT2D eigenvalue weighted by atomic mass is 16.5. The second-order valence-corrected chi connectivity index (χ2v) is 5.63. The first kappa shape index (κ1) is 15.8. The van der Waals surface area contributed by atoms with Gasteiger partial charge in [-0.3, -0.25) is 0 Å². The third kappa shape index (κ3) is 2.88. The molecule has 5 nitrogen and oxygen atoms in total. The largest absolute Gasteiger partial charge is 0.494 e. The van der Waals surface area contributed by atoms with Gasteiger partial charge in [0, 0.05) is 16.8 Å². The molecule has 3 aromatic rings. The number of methoxy groups -OCH3 is 1. The summed E-state index contributed by atoms with van der Waals surface area (Å²) in [6.07, 6.45) is 0. The SMILES string of the molecule is COc1ccc(C)c2c(Nc3cccc(C(=O)O)c3)cc(C)nc12. The first-order valence-corrected chi connectivity index (χ1v) is 7.55. The average molecular weight is 322 g/mol. The molecule has 0 fully saturated rings. The maximum absolute atomic E-state index is 11.2. The summed E-state index contributed by atoms with van der Waals surface area (Å²) in [4.78, 5) is 15.8. The molecule has 0 bridgehead atoms. The van der Waals surface area contributed by atoms with Crippen LogP contribution in [0.1, 0.15) is 21.6 Å².